The normalized spacial score (nSPS) is 17.4. The Morgan fingerprint density at radius 1 is 0.912 bits per heavy atom. The molecule has 0 aromatic carbocycles. The molecule has 0 saturated heterocycles. The molecule has 0 aromatic heterocycles. The van der Waals surface area contributed by atoms with Crippen LogP contribution in [0, 0.1) is 0 Å². The van der Waals surface area contributed by atoms with Gasteiger partial charge in [0, 0.05) is 12.4 Å². The monoisotopic (exact) mass is 524 g/mol. The highest BCUT2D eigenvalue weighted by Gasteiger charge is 2.37. The molecule has 1 aliphatic rings. The topological polar surface area (TPSA) is 91.3 Å². The van der Waals surface area contributed by atoms with Gasteiger partial charge in [-0.15, -0.1) is 0 Å². The lowest BCUT2D eigenvalue weighted by molar-refractivity contribution is -0.168. The van der Waals surface area contributed by atoms with Crippen molar-refractivity contribution < 1.29 is 33.5 Å². The van der Waals surface area contributed by atoms with Crippen molar-refractivity contribution in [2.45, 2.75) is 129 Å². The maximum Gasteiger partial charge on any atom is 0.434 e. The van der Waals surface area contributed by atoms with Crippen LogP contribution in [0.15, 0.2) is 0 Å². The van der Waals surface area contributed by atoms with Gasteiger partial charge in [-0.1, -0.05) is 102 Å². The minimum Gasteiger partial charge on any atom is -0.375 e. The average molecular weight is 525 g/mol. The van der Waals surface area contributed by atoms with Gasteiger partial charge >= 0.3 is 12.3 Å². The van der Waals surface area contributed by atoms with E-state index in [2.05, 4.69) is 18.7 Å². The van der Waals surface area contributed by atoms with Crippen LogP contribution in [0.2, 0.25) is 0 Å². The Morgan fingerprint density at radius 2 is 1.53 bits per heavy atom. The second kappa shape index (κ2) is 21.0. The van der Waals surface area contributed by atoms with Gasteiger partial charge in [-0.2, -0.15) is 5.26 Å². The van der Waals surface area contributed by atoms with Crippen molar-refractivity contribution in [1.29, 1.82) is 0 Å². The second-order valence-electron chi connectivity index (χ2n) is 9.25. The summed E-state index contributed by atoms with van der Waals surface area (Å²) in [6.45, 7) is 1.34. The average Bonchev–Trinajstić information content (AvgIpc) is 2.86. The quantitative estimate of drug-likeness (QED) is 0.0651. The van der Waals surface area contributed by atoms with E-state index in [1.807, 2.05) is 0 Å². The number of carbonyl (C=O) groups excluding carboxylic acids is 1. The number of hydrogen-bond donors (Lipinski definition) is 1. The van der Waals surface area contributed by atoms with Crippen LogP contribution in [0.1, 0.15) is 117 Å². The molecular formula is C25H49O7PS. The molecule has 0 bridgehead atoms. The third-order valence-corrected chi connectivity index (χ3v) is 10.3. The molecule has 0 radical (unpaired) electrons. The van der Waals surface area contributed by atoms with Crippen LogP contribution < -0.4 is 0 Å². The molecular weight excluding hydrogens is 475 g/mol. The van der Waals surface area contributed by atoms with Crippen LogP contribution in [-0.4, -0.2) is 48.7 Å². The van der Waals surface area contributed by atoms with Gasteiger partial charge in [-0.25, -0.2) is 4.79 Å². The van der Waals surface area contributed by atoms with E-state index >= 15 is 0 Å². The van der Waals surface area contributed by atoms with Crippen LogP contribution in [-0.2, 0) is 23.5 Å². The lowest BCUT2D eigenvalue weighted by atomic mass is 9.98. The molecule has 202 valence electrons. The Labute approximate surface area is 211 Å². The fraction of sp³-hybridized carbons (Fsp3) is 0.960. The molecule has 9 heteroatoms. The van der Waals surface area contributed by atoms with Crippen molar-refractivity contribution in [2.24, 2.45) is 0 Å². The van der Waals surface area contributed by atoms with Gasteiger partial charge in [0.2, 0.25) is 0 Å². The largest absolute Gasteiger partial charge is 0.434 e. The first-order valence-corrected chi connectivity index (χ1v) is 16.8. The summed E-state index contributed by atoms with van der Waals surface area (Å²) in [6.07, 6.45) is 18.1. The molecule has 1 aliphatic carbocycles. The van der Waals surface area contributed by atoms with Crippen molar-refractivity contribution in [3.05, 3.63) is 0 Å². The SMILES string of the molecule is CCCCCCCCCCOC(COC1CCCCC1)COP(=O)(SCCCCC)C(=O)OO. The Hall–Kier alpha value is -0.110. The fourth-order valence-corrected chi connectivity index (χ4v) is 7.27. The molecule has 1 N–H and O–H groups in total. The fourth-order valence-electron chi connectivity index (χ4n) is 4.02. The van der Waals surface area contributed by atoms with E-state index in [0.29, 0.717) is 19.0 Å². The van der Waals surface area contributed by atoms with Gasteiger partial charge in [0.1, 0.15) is 6.10 Å². The summed E-state index contributed by atoms with van der Waals surface area (Å²) in [7, 11) is 0. The molecule has 1 rings (SSSR count). The first-order chi connectivity index (χ1) is 16.6. The third kappa shape index (κ3) is 15.1. The van der Waals surface area contributed by atoms with Gasteiger partial charge in [0.05, 0.1) is 19.3 Å². The Kier molecular flexibility index (Phi) is 19.7. The highest BCUT2D eigenvalue weighted by Crippen LogP contribution is 2.61. The summed E-state index contributed by atoms with van der Waals surface area (Å²) in [5.74, 6) is 0.503. The maximum atomic E-state index is 13.1. The van der Waals surface area contributed by atoms with Gasteiger partial charge in [0.15, 0.2) is 0 Å². The standard InChI is InChI=1S/C25H49O7PS/c1-3-5-7-8-9-10-11-15-19-29-24(21-30-23-17-13-12-14-18-23)22-31-33(28,25(26)32-27)34-20-16-6-4-2/h23-24,27H,3-22H2,1-2H3. The van der Waals surface area contributed by atoms with Crippen LogP contribution in [0.25, 0.3) is 0 Å². The van der Waals surface area contributed by atoms with Crippen molar-refractivity contribution in [3.8, 4) is 0 Å². The molecule has 7 nitrogen and oxygen atoms in total. The predicted molar refractivity (Wildman–Crippen MR) is 140 cm³/mol. The molecule has 1 fully saturated rings. The molecule has 1 saturated carbocycles. The summed E-state index contributed by atoms with van der Waals surface area (Å²) in [5, 5.41) is 8.83. The Morgan fingerprint density at radius 3 is 2.18 bits per heavy atom. The number of carbonyl (C=O) groups is 1. The zero-order chi connectivity index (χ0) is 24.9. The first-order valence-electron chi connectivity index (χ1n) is 13.5. The molecule has 0 amide bonds. The van der Waals surface area contributed by atoms with Crippen molar-refractivity contribution >= 4 is 23.7 Å². The molecule has 0 heterocycles. The summed E-state index contributed by atoms with van der Waals surface area (Å²) in [4.78, 5) is 15.8. The number of hydrogen-bond acceptors (Lipinski definition) is 8. The highest BCUT2D eigenvalue weighted by molar-refractivity contribution is 8.61. The highest BCUT2D eigenvalue weighted by atomic mass is 32.7. The van der Waals surface area contributed by atoms with E-state index in [-0.39, 0.29) is 12.7 Å². The van der Waals surface area contributed by atoms with Crippen molar-refractivity contribution in [1.82, 2.24) is 0 Å². The minimum atomic E-state index is -3.85. The van der Waals surface area contributed by atoms with E-state index in [1.165, 1.54) is 57.8 Å². The maximum absolute atomic E-state index is 13.1. The zero-order valence-corrected chi connectivity index (χ0v) is 23.3. The summed E-state index contributed by atoms with van der Waals surface area (Å²) >= 11 is 0.930. The third-order valence-electron chi connectivity index (χ3n) is 6.16. The first kappa shape index (κ1) is 31.9. The molecule has 0 aromatic rings. The van der Waals surface area contributed by atoms with Gasteiger partial charge < -0.3 is 14.0 Å². The molecule has 2 unspecified atom stereocenters. The van der Waals surface area contributed by atoms with E-state index in [1.54, 1.807) is 0 Å². The molecule has 0 aliphatic heterocycles. The lowest BCUT2D eigenvalue weighted by Gasteiger charge is -2.26. The van der Waals surface area contributed by atoms with Gasteiger partial charge in [-0.3, -0.25) is 9.45 Å². The summed E-state index contributed by atoms with van der Waals surface area (Å²) in [5.41, 5.74) is -1.22. The van der Waals surface area contributed by atoms with E-state index in [4.69, 9.17) is 19.3 Å². The number of rotatable bonds is 22. The van der Waals surface area contributed by atoms with Gasteiger partial charge in [0.25, 0.3) is 0 Å². The predicted octanol–water partition coefficient (Wildman–Crippen LogP) is 8.60. The lowest BCUT2D eigenvalue weighted by Crippen LogP contribution is -2.29. The zero-order valence-electron chi connectivity index (χ0n) is 21.5. The molecule has 0 spiro atoms. The number of unbranched alkanes of at least 4 members (excludes halogenated alkanes) is 9. The van der Waals surface area contributed by atoms with Crippen molar-refractivity contribution in [2.75, 3.05) is 25.6 Å². The summed E-state index contributed by atoms with van der Waals surface area (Å²) < 4.78 is 30.7. The van der Waals surface area contributed by atoms with E-state index in [0.717, 1.165) is 56.3 Å². The Balaban J connectivity index is 2.49. The minimum absolute atomic E-state index is 0.0309. The Bertz CT molecular complexity index is 543. The van der Waals surface area contributed by atoms with Crippen LogP contribution in [0.3, 0.4) is 0 Å². The van der Waals surface area contributed by atoms with Crippen LogP contribution in [0.4, 0.5) is 4.79 Å². The van der Waals surface area contributed by atoms with Gasteiger partial charge in [-0.05, 0) is 25.7 Å². The smallest absolute Gasteiger partial charge is 0.375 e. The number of ether oxygens (including phenoxy) is 2. The van der Waals surface area contributed by atoms with E-state index in [9.17, 15) is 9.36 Å². The molecule has 2 atom stereocenters. The van der Waals surface area contributed by atoms with Crippen molar-refractivity contribution in [3.63, 3.8) is 0 Å². The second-order valence-corrected chi connectivity index (χ2v) is 13.8. The van der Waals surface area contributed by atoms with Crippen LogP contribution >= 0.6 is 18.0 Å². The summed E-state index contributed by atoms with van der Waals surface area (Å²) in [6, 6.07) is 0. The van der Waals surface area contributed by atoms with E-state index < -0.39 is 18.4 Å². The molecule has 34 heavy (non-hydrogen) atoms. The van der Waals surface area contributed by atoms with Crippen LogP contribution in [0.5, 0.6) is 0 Å².